The van der Waals surface area contributed by atoms with Crippen molar-refractivity contribution >= 4 is 30.5 Å². The van der Waals surface area contributed by atoms with Gasteiger partial charge in [-0.05, 0) is 33.9 Å². The molecule has 3 rings (SSSR count). The lowest BCUT2D eigenvalue weighted by Gasteiger charge is -2.34. The maximum Gasteiger partial charge on any atom is 0.570 e. The summed E-state index contributed by atoms with van der Waals surface area (Å²) in [5, 5.41) is 9.86. The summed E-state index contributed by atoms with van der Waals surface area (Å²) >= 11 is 0. The van der Waals surface area contributed by atoms with E-state index < -0.39 is 11.7 Å². The predicted octanol–water partition coefficient (Wildman–Crippen LogP) is 1.48. The van der Waals surface area contributed by atoms with Crippen molar-refractivity contribution in [1.82, 2.24) is 14.5 Å². The summed E-state index contributed by atoms with van der Waals surface area (Å²) in [5.41, 5.74) is 0.754. The number of likely N-dealkylation sites (N-methyl/N-ethyl adjacent to an activating group) is 1. The minimum absolute atomic E-state index is 0.158. The molecule has 0 aliphatic carbocycles. The first kappa shape index (κ1) is 18.5. The van der Waals surface area contributed by atoms with Crippen LogP contribution in [0.2, 0.25) is 0 Å². The zero-order chi connectivity index (χ0) is 18.9. The largest absolute Gasteiger partial charge is 0.570 e. The summed E-state index contributed by atoms with van der Waals surface area (Å²) in [7, 11) is 2.64. The Labute approximate surface area is 153 Å². The molecule has 3 heterocycles. The van der Waals surface area contributed by atoms with Gasteiger partial charge in [0.05, 0.1) is 0 Å². The highest BCUT2D eigenvalue weighted by Gasteiger charge is 2.26. The van der Waals surface area contributed by atoms with E-state index in [1.54, 1.807) is 33.0 Å². The number of fused-ring (bicyclic) bond motifs is 1. The highest BCUT2D eigenvalue weighted by atomic mass is 16.6. The van der Waals surface area contributed by atoms with Gasteiger partial charge in [-0.3, -0.25) is 0 Å². The zero-order valence-electron chi connectivity index (χ0n) is 15.6. The SMILES string of the molecule is CN1CCN(c2ccnc3c2cc(O[B]O)n3C(=O)OC(C)(C)C)CC1. The second-order valence-corrected chi connectivity index (χ2v) is 7.38. The molecule has 1 aliphatic rings. The van der Waals surface area contributed by atoms with Crippen LogP contribution in [-0.4, -0.2) is 72.1 Å². The molecule has 139 valence electrons. The third kappa shape index (κ3) is 3.78. The van der Waals surface area contributed by atoms with Gasteiger partial charge in [-0.1, -0.05) is 0 Å². The minimum Gasteiger partial charge on any atom is -0.524 e. The normalized spacial score (nSPS) is 16.0. The molecular formula is C17H24BN4O4. The highest BCUT2D eigenvalue weighted by molar-refractivity contribution is 6.17. The van der Waals surface area contributed by atoms with E-state index in [1.165, 1.54) is 4.57 Å². The van der Waals surface area contributed by atoms with E-state index in [0.717, 1.165) is 37.3 Å². The number of nitrogens with zero attached hydrogens (tertiary/aromatic N) is 4. The van der Waals surface area contributed by atoms with E-state index in [-0.39, 0.29) is 5.88 Å². The van der Waals surface area contributed by atoms with Crippen LogP contribution in [0.15, 0.2) is 18.3 Å². The molecule has 2 aromatic rings. The molecular weight excluding hydrogens is 335 g/mol. The molecule has 2 aromatic heterocycles. The Kier molecular flexibility index (Phi) is 5.11. The summed E-state index contributed by atoms with van der Waals surface area (Å²) in [4.78, 5) is 21.6. The van der Waals surface area contributed by atoms with E-state index in [9.17, 15) is 4.79 Å². The van der Waals surface area contributed by atoms with Gasteiger partial charge in [0.2, 0.25) is 0 Å². The molecule has 1 saturated heterocycles. The molecule has 0 spiro atoms. The number of ether oxygens (including phenoxy) is 1. The Hall–Kier alpha value is -2.26. The van der Waals surface area contributed by atoms with Crippen molar-refractivity contribution in [3.63, 3.8) is 0 Å². The predicted molar refractivity (Wildman–Crippen MR) is 99.7 cm³/mol. The lowest BCUT2D eigenvalue weighted by atomic mass is 10.2. The van der Waals surface area contributed by atoms with Crippen LogP contribution in [0.5, 0.6) is 5.88 Å². The standard InChI is InChI=1S/C17H24BN4O4/c1-17(2,3)25-16(23)22-14(26-18-24)11-12-13(5-6-19-15(12)22)21-9-7-20(4)8-10-21/h5-6,11,24H,7-10H2,1-4H3. The first-order chi connectivity index (χ1) is 12.3. The molecule has 9 heteroatoms. The van der Waals surface area contributed by atoms with Crippen molar-refractivity contribution in [2.75, 3.05) is 38.1 Å². The molecule has 0 atom stereocenters. The van der Waals surface area contributed by atoms with Crippen molar-refractivity contribution in [3.8, 4) is 5.88 Å². The molecule has 0 aromatic carbocycles. The van der Waals surface area contributed by atoms with E-state index in [4.69, 9.17) is 14.4 Å². The first-order valence-corrected chi connectivity index (χ1v) is 8.60. The third-order valence-electron chi connectivity index (χ3n) is 4.24. The van der Waals surface area contributed by atoms with E-state index in [2.05, 4.69) is 21.8 Å². The van der Waals surface area contributed by atoms with Crippen molar-refractivity contribution in [3.05, 3.63) is 18.3 Å². The van der Waals surface area contributed by atoms with Gasteiger partial charge in [0.15, 0.2) is 11.5 Å². The Morgan fingerprint density at radius 2 is 1.96 bits per heavy atom. The number of pyridine rings is 1. The van der Waals surface area contributed by atoms with Gasteiger partial charge in [-0.25, -0.2) is 9.78 Å². The maximum atomic E-state index is 12.7. The fourth-order valence-corrected chi connectivity index (χ4v) is 3.01. The molecule has 0 unspecified atom stereocenters. The Bertz CT molecular complexity index is 794. The number of carbonyl (C=O) groups excluding carboxylic acids is 1. The Morgan fingerprint density at radius 1 is 1.27 bits per heavy atom. The van der Waals surface area contributed by atoms with Gasteiger partial charge in [-0.2, -0.15) is 4.57 Å². The molecule has 1 radical (unpaired) electrons. The fourth-order valence-electron chi connectivity index (χ4n) is 3.01. The third-order valence-corrected chi connectivity index (χ3v) is 4.24. The summed E-state index contributed by atoms with van der Waals surface area (Å²) in [6.07, 6.45) is 1.07. The monoisotopic (exact) mass is 359 g/mol. The van der Waals surface area contributed by atoms with E-state index in [1.807, 2.05) is 6.07 Å². The van der Waals surface area contributed by atoms with Gasteiger partial charge in [-0.15, -0.1) is 0 Å². The number of anilines is 1. The highest BCUT2D eigenvalue weighted by Crippen LogP contribution is 2.33. The molecule has 26 heavy (non-hydrogen) atoms. The minimum atomic E-state index is -0.664. The van der Waals surface area contributed by atoms with Crippen LogP contribution in [-0.2, 0) is 4.74 Å². The molecule has 0 bridgehead atoms. The quantitative estimate of drug-likeness (QED) is 0.832. The van der Waals surface area contributed by atoms with E-state index >= 15 is 0 Å². The van der Waals surface area contributed by atoms with Crippen molar-refractivity contribution in [2.45, 2.75) is 26.4 Å². The van der Waals surface area contributed by atoms with Crippen LogP contribution < -0.4 is 9.55 Å². The number of aromatic nitrogens is 2. The molecule has 8 nitrogen and oxygen atoms in total. The van der Waals surface area contributed by atoms with Crippen LogP contribution in [0, 0.1) is 0 Å². The lowest BCUT2D eigenvalue weighted by Crippen LogP contribution is -2.44. The van der Waals surface area contributed by atoms with Crippen LogP contribution in [0.4, 0.5) is 10.5 Å². The Morgan fingerprint density at radius 3 is 2.58 bits per heavy atom. The first-order valence-electron chi connectivity index (χ1n) is 8.60. The number of carbonyl (C=O) groups is 1. The van der Waals surface area contributed by atoms with Crippen LogP contribution >= 0.6 is 0 Å². The van der Waals surface area contributed by atoms with Crippen LogP contribution in [0.3, 0.4) is 0 Å². The topological polar surface area (TPSA) is 80.1 Å². The molecule has 0 amide bonds. The Balaban J connectivity index is 2.05. The fraction of sp³-hybridized carbons (Fsp3) is 0.529. The maximum absolute atomic E-state index is 12.7. The summed E-state index contributed by atoms with van der Waals surface area (Å²) in [5.74, 6) is 0.158. The average Bonchev–Trinajstić information content (AvgIpc) is 2.92. The van der Waals surface area contributed by atoms with Crippen LogP contribution in [0.25, 0.3) is 11.0 Å². The smallest absolute Gasteiger partial charge is 0.524 e. The summed E-state index contributed by atoms with van der Waals surface area (Å²) in [6.45, 7) is 9.06. The van der Waals surface area contributed by atoms with Gasteiger partial charge in [0.25, 0.3) is 0 Å². The van der Waals surface area contributed by atoms with Crippen molar-refractivity contribution < 1.29 is 19.2 Å². The number of hydrogen-bond acceptors (Lipinski definition) is 7. The number of rotatable bonds is 3. The van der Waals surface area contributed by atoms with Gasteiger partial charge >= 0.3 is 13.8 Å². The van der Waals surface area contributed by atoms with E-state index in [0.29, 0.717) is 13.3 Å². The summed E-state index contributed by atoms with van der Waals surface area (Å²) in [6, 6.07) is 3.63. The number of piperazine rings is 1. The second-order valence-electron chi connectivity index (χ2n) is 7.38. The van der Waals surface area contributed by atoms with Crippen molar-refractivity contribution in [1.29, 1.82) is 0 Å². The van der Waals surface area contributed by atoms with Gasteiger partial charge in [0.1, 0.15) is 5.60 Å². The van der Waals surface area contributed by atoms with Crippen LogP contribution in [0.1, 0.15) is 20.8 Å². The second kappa shape index (κ2) is 7.16. The average molecular weight is 359 g/mol. The molecule has 1 fully saturated rings. The molecule has 1 aliphatic heterocycles. The lowest BCUT2D eigenvalue weighted by molar-refractivity contribution is 0.0536. The zero-order valence-corrected chi connectivity index (χ0v) is 15.6. The molecule has 1 N–H and O–H groups in total. The van der Waals surface area contributed by atoms with Crippen molar-refractivity contribution in [2.24, 2.45) is 0 Å². The van der Waals surface area contributed by atoms with Gasteiger partial charge < -0.3 is 24.2 Å². The molecule has 0 saturated carbocycles. The summed E-state index contributed by atoms with van der Waals surface area (Å²) < 4.78 is 11.9. The number of hydrogen-bond donors (Lipinski definition) is 1. The van der Waals surface area contributed by atoms with Gasteiger partial charge in [0, 0.05) is 49.5 Å².